The van der Waals surface area contributed by atoms with Crippen molar-refractivity contribution < 1.29 is 17.6 Å². The van der Waals surface area contributed by atoms with Crippen molar-refractivity contribution in [3.63, 3.8) is 0 Å². The van der Waals surface area contributed by atoms with Crippen LogP contribution in [-0.4, -0.2) is 49.7 Å². The van der Waals surface area contributed by atoms with E-state index in [4.69, 9.17) is 11.6 Å². The van der Waals surface area contributed by atoms with E-state index in [9.17, 15) is 17.6 Å². The van der Waals surface area contributed by atoms with Crippen LogP contribution in [0.15, 0.2) is 53.4 Å². The number of sulfonamides is 1. The monoisotopic (exact) mass is 410 g/mol. The number of halogens is 2. The first-order chi connectivity index (χ1) is 12.9. The van der Waals surface area contributed by atoms with E-state index in [1.165, 1.54) is 16.4 Å². The van der Waals surface area contributed by atoms with Crippen molar-refractivity contribution in [2.75, 3.05) is 26.2 Å². The van der Waals surface area contributed by atoms with Gasteiger partial charge in [0.15, 0.2) is 0 Å². The lowest BCUT2D eigenvalue weighted by molar-refractivity contribution is -0.130. The molecular weight excluding hydrogens is 391 g/mol. The van der Waals surface area contributed by atoms with E-state index in [-0.39, 0.29) is 23.8 Å². The summed E-state index contributed by atoms with van der Waals surface area (Å²) in [5, 5.41) is 0.543. The van der Waals surface area contributed by atoms with Crippen LogP contribution in [0, 0.1) is 5.82 Å². The maximum atomic E-state index is 13.1. The zero-order chi connectivity index (χ0) is 19.4. The van der Waals surface area contributed by atoms with Crippen molar-refractivity contribution in [2.45, 2.75) is 17.7 Å². The van der Waals surface area contributed by atoms with E-state index in [2.05, 4.69) is 0 Å². The van der Waals surface area contributed by atoms with Crippen LogP contribution in [0.2, 0.25) is 5.02 Å². The van der Waals surface area contributed by atoms with Crippen LogP contribution in [0.3, 0.4) is 0 Å². The SMILES string of the molecule is O=C(Cc1ccccc1Cl)N1CCCN(S(=O)(=O)c2ccc(F)cc2)CC1. The normalized spacial score (nSPS) is 16.1. The molecule has 1 aliphatic heterocycles. The van der Waals surface area contributed by atoms with Crippen LogP contribution < -0.4 is 0 Å². The maximum Gasteiger partial charge on any atom is 0.243 e. The molecule has 0 bridgehead atoms. The molecule has 1 heterocycles. The van der Waals surface area contributed by atoms with Crippen LogP contribution in [0.5, 0.6) is 0 Å². The van der Waals surface area contributed by atoms with Gasteiger partial charge in [-0.25, -0.2) is 12.8 Å². The van der Waals surface area contributed by atoms with Crippen LogP contribution in [-0.2, 0) is 21.2 Å². The van der Waals surface area contributed by atoms with Gasteiger partial charge in [0, 0.05) is 31.2 Å². The Balaban J connectivity index is 1.67. The predicted molar refractivity (Wildman–Crippen MR) is 102 cm³/mol. The Morgan fingerprint density at radius 1 is 1.00 bits per heavy atom. The van der Waals surface area contributed by atoms with Gasteiger partial charge in [0.2, 0.25) is 15.9 Å². The summed E-state index contributed by atoms with van der Waals surface area (Å²) in [5.74, 6) is -0.565. The van der Waals surface area contributed by atoms with Crippen molar-refractivity contribution in [3.05, 3.63) is 64.9 Å². The molecule has 1 saturated heterocycles. The largest absolute Gasteiger partial charge is 0.341 e. The highest BCUT2D eigenvalue weighted by molar-refractivity contribution is 7.89. The Bertz CT molecular complexity index is 919. The van der Waals surface area contributed by atoms with Crippen molar-refractivity contribution >= 4 is 27.5 Å². The number of carbonyl (C=O) groups is 1. The molecule has 27 heavy (non-hydrogen) atoms. The molecule has 2 aromatic carbocycles. The molecule has 0 aromatic heterocycles. The average molecular weight is 411 g/mol. The Kier molecular flexibility index (Phi) is 6.14. The van der Waals surface area contributed by atoms with Crippen molar-refractivity contribution in [2.24, 2.45) is 0 Å². The molecule has 0 radical (unpaired) electrons. The molecule has 2 aromatic rings. The molecule has 0 spiro atoms. The van der Waals surface area contributed by atoms with E-state index in [0.29, 0.717) is 31.1 Å². The second kappa shape index (κ2) is 8.37. The van der Waals surface area contributed by atoms with Gasteiger partial charge in [0.1, 0.15) is 5.82 Å². The third-order valence-corrected chi connectivity index (χ3v) is 6.84. The van der Waals surface area contributed by atoms with Gasteiger partial charge in [0.25, 0.3) is 0 Å². The molecule has 0 saturated carbocycles. The zero-order valence-corrected chi connectivity index (χ0v) is 16.2. The lowest BCUT2D eigenvalue weighted by Gasteiger charge is -2.22. The van der Waals surface area contributed by atoms with Gasteiger partial charge in [-0.2, -0.15) is 4.31 Å². The molecule has 1 amide bonds. The summed E-state index contributed by atoms with van der Waals surface area (Å²) in [6.45, 7) is 1.31. The van der Waals surface area contributed by atoms with Crippen LogP contribution in [0.4, 0.5) is 4.39 Å². The predicted octanol–water partition coefficient (Wildman–Crippen LogP) is 2.94. The molecule has 144 valence electrons. The molecule has 0 N–H and O–H groups in total. The number of rotatable bonds is 4. The minimum Gasteiger partial charge on any atom is -0.341 e. The average Bonchev–Trinajstić information content (AvgIpc) is 2.91. The highest BCUT2D eigenvalue weighted by Crippen LogP contribution is 2.20. The first-order valence-corrected chi connectivity index (χ1v) is 10.5. The van der Waals surface area contributed by atoms with Crippen molar-refractivity contribution in [1.29, 1.82) is 0 Å². The second-order valence-corrected chi connectivity index (χ2v) is 8.71. The van der Waals surface area contributed by atoms with Crippen molar-refractivity contribution in [3.8, 4) is 0 Å². The Labute approximate surface area is 163 Å². The molecule has 5 nitrogen and oxygen atoms in total. The third kappa shape index (κ3) is 4.66. The fraction of sp³-hybridized carbons (Fsp3) is 0.316. The van der Waals surface area contributed by atoms with Gasteiger partial charge in [-0.05, 0) is 42.3 Å². The van der Waals surface area contributed by atoms with E-state index in [1.54, 1.807) is 17.0 Å². The summed E-state index contributed by atoms with van der Waals surface area (Å²) in [6, 6.07) is 12.0. The lowest BCUT2D eigenvalue weighted by Crippen LogP contribution is -2.38. The quantitative estimate of drug-likeness (QED) is 0.778. The van der Waals surface area contributed by atoms with Gasteiger partial charge < -0.3 is 4.90 Å². The minimum atomic E-state index is -3.71. The zero-order valence-electron chi connectivity index (χ0n) is 14.6. The Morgan fingerprint density at radius 3 is 2.41 bits per heavy atom. The van der Waals surface area contributed by atoms with Crippen molar-refractivity contribution in [1.82, 2.24) is 9.21 Å². The fourth-order valence-corrected chi connectivity index (χ4v) is 4.73. The van der Waals surface area contributed by atoms with Gasteiger partial charge in [0.05, 0.1) is 11.3 Å². The number of carbonyl (C=O) groups excluding carboxylic acids is 1. The number of hydrogen-bond acceptors (Lipinski definition) is 3. The first kappa shape index (κ1) is 19.8. The summed E-state index contributed by atoms with van der Waals surface area (Å²) >= 11 is 6.12. The molecule has 1 fully saturated rings. The van der Waals surface area contributed by atoms with Gasteiger partial charge >= 0.3 is 0 Å². The van der Waals surface area contributed by atoms with Crippen LogP contribution >= 0.6 is 11.6 Å². The van der Waals surface area contributed by atoms with Gasteiger partial charge in [-0.3, -0.25) is 4.79 Å². The summed E-state index contributed by atoms with van der Waals surface area (Å²) in [4.78, 5) is 14.3. The number of benzene rings is 2. The van der Waals surface area contributed by atoms with Gasteiger partial charge in [-0.15, -0.1) is 0 Å². The number of hydrogen-bond donors (Lipinski definition) is 0. The maximum absolute atomic E-state index is 13.1. The lowest BCUT2D eigenvalue weighted by atomic mass is 10.1. The molecule has 1 aliphatic rings. The highest BCUT2D eigenvalue weighted by atomic mass is 35.5. The first-order valence-electron chi connectivity index (χ1n) is 8.65. The second-order valence-electron chi connectivity index (χ2n) is 6.36. The summed E-state index contributed by atoms with van der Waals surface area (Å²) in [6.07, 6.45) is 0.721. The number of nitrogens with zero attached hydrogens (tertiary/aromatic N) is 2. The fourth-order valence-electron chi connectivity index (χ4n) is 3.06. The van der Waals surface area contributed by atoms with E-state index in [1.807, 2.05) is 12.1 Å². The third-order valence-electron chi connectivity index (χ3n) is 4.56. The van der Waals surface area contributed by atoms with E-state index in [0.717, 1.165) is 17.7 Å². The Hall–Kier alpha value is -1.96. The molecule has 8 heteroatoms. The molecule has 0 atom stereocenters. The molecule has 3 rings (SSSR count). The summed E-state index contributed by atoms with van der Waals surface area (Å²) < 4.78 is 39.9. The minimum absolute atomic E-state index is 0.0553. The number of amides is 1. The summed E-state index contributed by atoms with van der Waals surface area (Å²) in [7, 11) is -3.71. The topological polar surface area (TPSA) is 57.7 Å². The molecule has 0 aliphatic carbocycles. The Morgan fingerprint density at radius 2 is 1.70 bits per heavy atom. The van der Waals surface area contributed by atoms with Crippen LogP contribution in [0.1, 0.15) is 12.0 Å². The van der Waals surface area contributed by atoms with Gasteiger partial charge in [-0.1, -0.05) is 29.8 Å². The van der Waals surface area contributed by atoms with Crippen LogP contribution in [0.25, 0.3) is 0 Å². The highest BCUT2D eigenvalue weighted by Gasteiger charge is 2.28. The molecular formula is C19H20ClFN2O3S. The molecule has 0 unspecified atom stereocenters. The van der Waals surface area contributed by atoms with E-state index < -0.39 is 15.8 Å². The van der Waals surface area contributed by atoms with E-state index >= 15 is 0 Å². The standard InChI is InChI=1S/C19H20ClFN2O3S/c20-18-5-2-1-4-15(18)14-19(24)22-10-3-11-23(13-12-22)27(25,26)17-8-6-16(21)7-9-17/h1-2,4-9H,3,10-14H2. The smallest absolute Gasteiger partial charge is 0.243 e. The summed E-state index contributed by atoms with van der Waals surface area (Å²) in [5.41, 5.74) is 0.754.